The maximum absolute atomic E-state index is 11.5. The van der Waals surface area contributed by atoms with E-state index in [1.165, 1.54) is 0 Å². The molecular formula is C12H13N3O. The van der Waals surface area contributed by atoms with Gasteiger partial charge in [0.2, 0.25) is 5.91 Å². The molecule has 1 heterocycles. The Kier molecular flexibility index (Phi) is 2.78. The fourth-order valence-corrected chi connectivity index (χ4v) is 1.90. The fourth-order valence-electron chi connectivity index (χ4n) is 1.90. The summed E-state index contributed by atoms with van der Waals surface area (Å²) >= 11 is 0. The molecule has 0 saturated heterocycles. The molecule has 0 aromatic heterocycles. The third kappa shape index (κ3) is 1.84. The zero-order valence-electron chi connectivity index (χ0n) is 9.16. The summed E-state index contributed by atoms with van der Waals surface area (Å²) in [5, 5.41) is 11.6. The topological polar surface area (TPSA) is 56.1 Å². The number of benzene rings is 1. The van der Waals surface area contributed by atoms with E-state index in [-0.39, 0.29) is 5.91 Å². The summed E-state index contributed by atoms with van der Waals surface area (Å²) in [6, 6.07) is 7.45. The molecule has 0 bridgehead atoms. The Morgan fingerprint density at radius 1 is 1.56 bits per heavy atom. The van der Waals surface area contributed by atoms with Crippen molar-refractivity contribution in [2.24, 2.45) is 0 Å². The highest BCUT2D eigenvalue weighted by Gasteiger charge is 2.21. The first-order chi connectivity index (χ1) is 7.74. The Morgan fingerprint density at radius 2 is 2.38 bits per heavy atom. The van der Waals surface area contributed by atoms with E-state index in [1.54, 1.807) is 12.1 Å². The van der Waals surface area contributed by atoms with Crippen molar-refractivity contribution in [3.8, 4) is 6.07 Å². The number of nitriles is 1. The molecule has 2 rings (SSSR count). The zero-order chi connectivity index (χ0) is 11.5. The lowest BCUT2D eigenvalue weighted by Crippen LogP contribution is -2.38. The lowest BCUT2D eigenvalue weighted by molar-refractivity contribution is -0.115. The number of nitrogens with zero attached hydrogens (tertiary/aromatic N) is 2. The van der Waals surface area contributed by atoms with E-state index < -0.39 is 0 Å². The van der Waals surface area contributed by atoms with E-state index in [1.807, 2.05) is 11.0 Å². The smallest absolute Gasteiger partial charge is 0.243 e. The van der Waals surface area contributed by atoms with Crippen LogP contribution >= 0.6 is 0 Å². The quantitative estimate of drug-likeness (QED) is 0.817. The van der Waals surface area contributed by atoms with E-state index in [0.29, 0.717) is 12.1 Å². The van der Waals surface area contributed by atoms with Crippen LogP contribution in [0.5, 0.6) is 0 Å². The Balaban J connectivity index is 2.40. The molecule has 82 valence electrons. The van der Waals surface area contributed by atoms with Crippen LogP contribution in [0.15, 0.2) is 18.2 Å². The molecule has 1 N–H and O–H groups in total. The van der Waals surface area contributed by atoms with E-state index in [9.17, 15) is 4.79 Å². The van der Waals surface area contributed by atoms with Crippen LogP contribution in [-0.2, 0) is 4.79 Å². The minimum Gasteiger partial charge on any atom is -0.361 e. The predicted octanol–water partition coefficient (Wildman–Crippen LogP) is 1.73. The molecule has 4 heteroatoms. The molecule has 1 aromatic carbocycles. The molecule has 4 nitrogen and oxygen atoms in total. The van der Waals surface area contributed by atoms with Gasteiger partial charge < -0.3 is 10.2 Å². The first kappa shape index (κ1) is 10.5. The number of nitrogens with one attached hydrogen (secondary N) is 1. The minimum absolute atomic E-state index is 0.0176. The number of anilines is 2. The molecule has 16 heavy (non-hydrogen) atoms. The lowest BCUT2D eigenvalue weighted by Gasteiger charge is -2.30. The number of amides is 1. The van der Waals surface area contributed by atoms with Gasteiger partial charge in [-0.2, -0.15) is 5.26 Å². The monoisotopic (exact) mass is 215 g/mol. The summed E-state index contributed by atoms with van der Waals surface area (Å²) in [5.41, 5.74) is 2.31. The molecule has 0 spiro atoms. The third-order valence-electron chi connectivity index (χ3n) is 2.57. The molecule has 0 atom stereocenters. The summed E-state index contributed by atoms with van der Waals surface area (Å²) in [7, 11) is 0. The average Bonchev–Trinajstić information content (AvgIpc) is 2.28. The second kappa shape index (κ2) is 4.23. The first-order valence-corrected chi connectivity index (χ1v) is 5.33. The Morgan fingerprint density at radius 3 is 3.06 bits per heavy atom. The van der Waals surface area contributed by atoms with E-state index in [4.69, 9.17) is 5.26 Å². The van der Waals surface area contributed by atoms with Gasteiger partial charge in [-0.1, -0.05) is 6.92 Å². The Bertz CT molecular complexity index is 462. The molecule has 0 radical (unpaired) electrons. The van der Waals surface area contributed by atoms with Crippen molar-refractivity contribution in [1.29, 1.82) is 5.26 Å². The fraction of sp³-hybridized carbons (Fsp3) is 0.333. The predicted molar refractivity (Wildman–Crippen MR) is 62.3 cm³/mol. The number of fused-ring (bicyclic) bond motifs is 1. The van der Waals surface area contributed by atoms with Gasteiger partial charge >= 0.3 is 0 Å². The normalized spacial score (nSPS) is 14.0. The number of carbonyl (C=O) groups excluding carboxylic acids is 1. The van der Waals surface area contributed by atoms with Gasteiger partial charge in [-0.05, 0) is 24.6 Å². The summed E-state index contributed by atoms with van der Waals surface area (Å²) in [6.45, 7) is 3.33. The summed E-state index contributed by atoms with van der Waals surface area (Å²) < 4.78 is 0. The first-order valence-electron chi connectivity index (χ1n) is 5.33. The van der Waals surface area contributed by atoms with E-state index >= 15 is 0 Å². The number of hydrogen-bond donors (Lipinski definition) is 1. The molecule has 1 aliphatic rings. The highest BCUT2D eigenvalue weighted by molar-refractivity contribution is 6.01. The highest BCUT2D eigenvalue weighted by Crippen LogP contribution is 2.30. The summed E-state index contributed by atoms with van der Waals surface area (Å²) in [5.74, 6) is -0.0176. The van der Waals surface area contributed by atoms with Crippen molar-refractivity contribution in [2.75, 3.05) is 23.3 Å². The number of carbonyl (C=O) groups is 1. The highest BCUT2D eigenvalue weighted by atomic mass is 16.2. The standard InChI is InChI=1S/C12H13N3O/c1-2-5-15-8-12(16)14-10-6-9(7-13)3-4-11(10)15/h3-4,6H,2,5,8H2,1H3,(H,14,16). The van der Waals surface area contributed by atoms with Gasteiger partial charge in [-0.25, -0.2) is 0 Å². The Labute approximate surface area is 94.5 Å². The molecular weight excluding hydrogens is 202 g/mol. The molecule has 0 fully saturated rings. The maximum atomic E-state index is 11.5. The molecule has 0 aliphatic carbocycles. The van der Waals surface area contributed by atoms with Gasteiger partial charge in [0.15, 0.2) is 0 Å². The van der Waals surface area contributed by atoms with Crippen LogP contribution in [0.3, 0.4) is 0 Å². The summed E-state index contributed by atoms with van der Waals surface area (Å²) in [4.78, 5) is 13.5. The van der Waals surface area contributed by atoms with Crippen molar-refractivity contribution in [1.82, 2.24) is 0 Å². The van der Waals surface area contributed by atoms with Crippen molar-refractivity contribution >= 4 is 17.3 Å². The summed E-state index contributed by atoms with van der Waals surface area (Å²) in [6.07, 6.45) is 0.993. The van der Waals surface area contributed by atoms with Crippen molar-refractivity contribution < 1.29 is 4.79 Å². The average molecular weight is 215 g/mol. The van der Waals surface area contributed by atoms with E-state index in [2.05, 4.69) is 18.3 Å². The van der Waals surface area contributed by atoms with Crippen LogP contribution in [0.1, 0.15) is 18.9 Å². The molecule has 1 aliphatic heterocycles. The van der Waals surface area contributed by atoms with Crippen LogP contribution in [-0.4, -0.2) is 19.0 Å². The minimum atomic E-state index is -0.0176. The zero-order valence-corrected chi connectivity index (χ0v) is 9.16. The molecule has 0 unspecified atom stereocenters. The lowest BCUT2D eigenvalue weighted by atomic mass is 10.1. The van der Waals surface area contributed by atoms with Gasteiger partial charge in [0.05, 0.1) is 29.6 Å². The van der Waals surface area contributed by atoms with Gasteiger partial charge in [0.25, 0.3) is 0 Å². The van der Waals surface area contributed by atoms with Gasteiger partial charge in [-0.15, -0.1) is 0 Å². The largest absolute Gasteiger partial charge is 0.361 e. The SMILES string of the molecule is CCCN1CC(=O)Nc2cc(C#N)ccc21. The van der Waals surface area contributed by atoms with Crippen molar-refractivity contribution in [2.45, 2.75) is 13.3 Å². The van der Waals surface area contributed by atoms with Crippen LogP contribution in [0.25, 0.3) is 0 Å². The van der Waals surface area contributed by atoms with Gasteiger partial charge in [-0.3, -0.25) is 4.79 Å². The molecule has 1 amide bonds. The van der Waals surface area contributed by atoms with Gasteiger partial charge in [0, 0.05) is 6.54 Å². The second-order valence-electron chi connectivity index (χ2n) is 3.81. The van der Waals surface area contributed by atoms with Crippen LogP contribution in [0.4, 0.5) is 11.4 Å². The number of rotatable bonds is 2. The van der Waals surface area contributed by atoms with Crippen molar-refractivity contribution in [3.63, 3.8) is 0 Å². The van der Waals surface area contributed by atoms with Crippen LogP contribution in [0, 0.1) is 11.3 Å². The third-order valence-corrected chi connectivity index (χ3v) is 2.57. The molecule has 1 aromatic rings. The second-order valence-corrected chi connectivity index (χ2v) is 3.81. The molecule has 0 saturated carbocycles. The van der Waals surface area contributed by atoms with Crippen LogP contribution < -0.4 is 10.2 Å². The van der Waals surface area contributed by atoms with E-state index in [0.717, 1.165) is 24.3 Å². The van der Waals surface area contributed by atoms with Crippen LogP contribution in [0.2, 0.25) is 0 Å². The Hall–Kier alpha value is -2.02. The maximum Gasteiger partial charge on any atom is 0.243 e. The number of hydrogen-bond acceptors (Lipinski definition) is 3. The van der Waals surface area contributed by atoms with Crippen molar-refractivity contribution in [3.05, 3.63) is 23.8 Å². The van der Waals surface area contributed by atoms with Gasteiger partial charge in [0.1, 0.15) is 0 Å².